The van der Waals surface area contributed by atoms with Gasteiger partial charge in [-0.25, -0.2) is 5.01 Å². The lowest BCUT2D eigenvalue weighted by molar-refractivity contribution is 0.0358. The van der Waals surface area contributed by atoms with Gasteiger partial charge in [-0.15, -0.1) is 0 Å². The standard InChI is InChI=1S/C23H29BN2O5/c1-14-11-15(2)13-17(12-14)22(28)26(23(4,5)6)25-21(27)18-7-8-19-20(16(18)3)30-9-10-31-24(19)29/h7-8,11-13,29H,9-10H2,1-6H3,(H,25,27). The second-order valence-electron chi connectivity index (χ2n) is 8.86. The maximum Gasteiger partial charge on any atom is 0.495 e. The Morgan fingerprint density at radius 2 is 1.71 bits per heavy atom. The van der Waals surface area contributed by atoms with Gasteiger partial charge in [0.1, 0.15) is 12.4 Å². The molecule has 0 saturated heterocycles. The monoisotopic (exact) mass is 424 g/mol. The third-order valence-electron chi connectivity index (χ3n) is 5.11. The van der Waals surface area contributed by atoms with Crippen molar-refractivity contribution < 1.29 is 24.0 Å². The summed E-state index contributed by atoms with van der Waals surface area (Å²) in [6.45, 7) is 11.7. The van der Waals surface area contributed by atoms with Gasteiger partial charge in [0, 0.05) is 22.2 Å². The van der Waals surface area contributed by atoms with Crippen LogP contribution in [-0.2, 0) is 4.65 Å². The number of rotatable bonds is 2. The van der Waals surface area contributed by atoms with E-state index in [1.54, 1.807) is 19.1 Å². The molecule has 0 saturated carbocycles. The van der Waals surface area contributed by atoms with Crippen molar-refractivity contribution in [2.24, 2.45) is 0 Å². The van der Waals surface area contributed by atoms with E-state index < -0.39 is 18.6 Å². The Hall–Kier alpha value is -2.84. The molecule has 0 atom stereocenters. The predicted octanol–water partition coefficient (Wildman–Crippen LogP) is 2.29. The van der Waals surface area contributed by atoms with Gasteiger partial charge in [-0.1, -0.05) is 23.3 Å². The molecule has 1 aliphatic rings. The average molecular weight is 424 g/mol. The largest absolute Gasteiger partial charge is 0.495 e. The fourth-order valence-electron chi connectivity index (χ4n) is 3.65. The zero-order valence-corrected chi connectivity index (χ0v) is 18.9. The van der Waals surface area contributed by atoms with E-state index in [2.05, 4.69) is 5.43 Å². The highest BCUT2D eigenvalue weighted by Gasteiger charge is 2.32. The van der Waals surface area contributed by atoms with Gasteiger partial charge in [-0.3, -0.25) is 15.0 Å². The molecule has 7 nitrogen and oxygen atoms in total. The Labute approximate surface area is 183 Å². The molecule has 0 spiro atoms. The summed E-state index contributed by atoms with van der Waals surface area (Å²) in [5.74, 6) is -0.295. The number of fused-ring (bicyclic) bond motifs is 1. The van der Waals surface area contributed by atoms with Gasteiger partial charge in [0.05, 0.1) is 12.1 Å². The van der Waals surface area contributed by atoms with Gasteiger partial charge in [0.15, 0.2) is 0 Å². The SMILES string of the molecule is Cc1cc(C)cc(C(=O)N(NC(=O)c2ccc3c(c2C)OCCOB3O)C(C)(C)C)c1. The molecular weight excluding hydrogens is 395 g/mol. The maximum absolute atomic E-state index is 13.3. The molecule has 0 unspecified atom stereocenters. The first-order chi connectivity index (χ1) is 14.5. The van der Waals surface area contributed by atoms with E-state index in [9.17, 15) is 14.6 Å². The summed E-state index contributed by atoms with van der Waals surface area (Å²) >= 11 is 0. The number of hydrazine groups is 1. The molecule has 2 amide bonds. The Kier molecular flexibility index (Phi) is 6.43. The molecule has 0 aromatic heterocycles. The van der Waals surface area contributed by atoms with Crippen molar-refractivity contribution in [3.8, 4) is 5.75 Å². The van der Waals surface area contributed by atoms with Crippen molar-refractivity contribution in [3.63, 3.8) is 0 Å². The van der Waals surface area contributed by atoms with Crippen LogP contribution >= 0.6 is 0 Å². The van der Waals surface area contributed by atoms with Crippen molar-refractivity contribution in [2.45, 2.75) is 47.1 Å². The summed E-state index contributed by atoms with van der Waals surface area (Å²) < 4.78 is 11.0. The van der Waals surface area contributed by atoms with E-state index in [-0.39, 0.29) is 19.1 Å². The summed E-state index contributed by atoms with van der Waals surface area (Å²) in [5.41, 5.74) is 5.99. The molecule has 164 valence electrons. The van der Waals surface area contributed by atoms with E-state index in [0.717, 1.165) is 11.1 Å². The maximum atomic E-state index is 13.3. The highest BCUT2D eigenvalue weighted by atomic mass is 16.6. The van der Waals surface area contributed by atoms with Crippen LogP contribution in [0, 0.1) is 20.8 Å². The Bertz CT molecular complexity index is 996. The first-order valence-electron chi connectivity index (χ1n) is 10.3. The van der Waals surface area contributed by atoms with Crippen LogP contribution in [-0.4, -0.2) is 47.7 Å². The van der Waals surface area contributed by atoms with Crippen LogP contribution in [0.5, 0.6) is 5.75 Å². The van der Waals surface area contributed by atoms with Crippen LogP contribution in [0.15, 0.2) is 30.3 Å². The highest BCUT2D eigenvalue weighted by molar-refractivity contribution is 6.61. The first-order valence-corrected chi connectivity index (χ1v) is 10.3. The van der Waals surface area contributed by atoms with Gasteiger partial charge >= 0.3 is 7.12 Å². The summed E-state index contributed by atoms with van der Waals surface area (Å²) in [4.78, 5) is 26.5. The zero-order valence-electron chi connectivity index (χ0n) is 18.9. The molecule has 0 fully saturated rings. The fraction of sp³-hybridized carbons (Fsp3) is 0.391. The summed E-state index contributed by atoms with van der Waals surface area (Å²) in [6, 6.07) is 8.83. The van der Waals surface area contributed by atoms with Crippen LogP contribution in [0.1, 0.15) is 58.2 Å². The van der Waals surface area contributed by atoms with E-state index >= 15 is 0 Å². The second-order valence-corrected chi connectivity index (χ2v) is 8.86. The minimum absolute atomic E-state index is 0.249. The molecule has 2 aromatic carbocycles. The van der Waals surface area contributed by atoms with E-state index in [0.29, 0.717) is 27.9 Å². The zero-order chi connectivity index (χ0) is 22.9. The van der Waals surface area contributed by atoms with Gasteiger partial charge in [0.25, 0.3) is 11.8 Å². The topological polar surface area (TPSA) is 88.1 Å². The predicted molar refractivity (Wildman–Crippen MR) is 120 cm³/mol. The number of ether oxygens (including phenoxy) is 1. The smallest absolute Gasteiger partial charge is 0.491 e. The van der Waals surface area contributed by atoms with Gasteiger partial charge in [-0.05, 0) is 59.7 Å². The summed E-state index contributed by atoms with van der Waals surface area (Å²) in [7, 11) is -1.11. The molecule has 2 N–H and O–H groups in total. The fourth-order valence-corrected chi connectivity index (χ4v) is 3.65. The lowest BCUT2D eigenvalue weighted by Gasteiger charge is -2.35. The lowest BCUT2D eigenvalue weighted by Crippen LogP contribution is -2.56. The number of amides is 2. The molecular formula is C23H29BN2O5. The highest BCUT2D eigenvalue weighted by Crippen LogP contribution is 2.23. The first kappa shape index (κ1) is 22.8. The lowest BCUT2D eigenvalue weighted by atomic mass is 9.77. The molecule has 3 rings (SSSR count). The summed E-state index contributed by atoms with van der Waals surface area (Å²) in [6.07, 6.45) is 0. The number of benzene rings is 2. The van der Waals surface area contributed by atoms with Crippen molar-refractivity contribution in [2.75, 3.05) is 13.2 Å². The third kappa shape index (κ3) is 4.91. The van der Waals surface area contributed by atoms with Crippen molar-refractivity contribution in [1.82, 2.24) is 10.4 Å². The van der Waals surface area contributed by atoms with Crippen molar-refractivity contribution >= 4 is 24.4 Å². The number of nitrogens with zero attached hydrogens (tertiary/aromatic N) is 1. The number of nitrogens with one attached hydrogen (secondary N) is 1. The van der Waals surface area contributed by atoms with Crippen molar-refractivity contribution in [1.29, 1.82) is 0 Å². The minimum atomic E-state index is -1.11. The molecule has 1 heterocycles. The number of aryl methyl sites for hydroxylation is 2. The Morgan fingerprint density at radius 3 is 2.32 bits per heavy atom. The molecule has 8 heteroatoms. The van der Waals surface area contributed by atoms with Gasteiger partial charge < -0.3 is 14.4 Å². The van der Waals surface area contributed by atoms with E-state index in [1.165, 1.54) is 5.01 Å². The second kappa shape index (κ2) is 8.73. The number of carbonyl (C=O) groups is 2. The molecule has 2 aromatic rings. The van der Waals surface area contributed by atoms with Gasteiger partial charge in [0.2, 0.25) is 0 Å². The van der Waals surface area contributed by atoms with Crippen LogP contribution in [0.2, 0.25) is 0 Å². The van der Waals surface area contributed by atoms with Crippen LogP contribution in [0.4, 0.5) is 0 Å². The van der Waals surface area contributed by atoms with Crippen LogP contribution in [0.3, 0.4) is 0 Å². The average Bonchev–Trinajstić information content (AvgIpc) is 2.86. The third-order valence-corrected chi connectivity index (χ3v) is 5.11. The Balaban J connectivity index is 1.93. The molecule has 31 heavy (non-hydrogen) atoms. The van der Waals surface area contributed by atoms with Crippen molar-refractivity contribution in [3.05, 3.63) is 58.1 Å². The molecule has 0 aliphatic carbocycles. The van der Waals surface area contributed by atoms with E-state index in [4.69, 9.17) is 9.39 Å². The molecule has 0 bridgehead atoms. The van der Waals surface area contributed by atoms with Crippen LogP contribution < -0.4 is 15.6 Å². The number of hydrogen-bond acceptors (Lipinski definition) is 5. The molecule has 1 aliphatic heterocycles. The summed E-state index contributed by atoms with van der Waals surface area (Å²) in [5, 5.41) is 11.5. The normalized spacial score (nSPS) is 13.7. The van der Waals surface area contributed by atoms with Gasteiger partial charge in [-0.2, -0.15) is 0 Å². The van der Waals surface area contributed by atoms with E-state index in [1.807, 2.05) is 52.8 Å². The number of carbonyl (C=O) groups excluding carboxylic acids is 2. The van der Waals surface area contributed by atoms with Crippen LogP contribution in [0.25, 0.3) is 0 Å². The minimum Gasteiger partial charge on any atom is -0.491 e. The Morgan fingerprint density at radius 1 is 1.06 bits per heavy atom. The number of hydrogen-bond donors (Lipinski definition) is 2. The molecule has 0 radical (unpaired) electrons. The quantitative estimate of drug-likeness (QED) is 0.571.